The van der Waals surface area contributed by atoms with Crippen molar-refractivity contribution in [2.75, 3.05) is 0 Å². The van der Waals surface area contributed by atoms with Crippen LogP contribution in [0.3, 0.4) is 0 Å². The van der Waals surface area contributed by atoms with E-state index in [1.165, 1.54) is 6.08 Å². The summed E-state index contributed by atoms with van der Waals surface area (Å²) in [6.07, 6.45) is 6.77. The van der Waals surface area contributed by atoms with Crippen molar-refractivity contribution >= 4 is 42.3 Å². The fourth-order valence-electron chi connectivity index (χ4n) is 3.93. The number of rotatable bonds is 9. The molecule has 1 aliphatic rings. The van der Waals surface area contributed by atoms with Gasteiger partial charge in [-0.3, -0.25) is 4.79 Å². The van der Waals surface area contributed by atoms with Crippen LogP contribution in [-0.2, 0) is 14.4 Å². The van der Waals surface area contributed by atoms with Gasteiger partial charge >= 0.3 is 11.9 Å². The maximum atomic E-state index is 13.1. The van der Waals surface area contributed by atoms with Crippen molar-refractivity contribution in [2.45, 2.75) is 59.0 Å². The lowest BCUT2D eigenvalue weighted by Gasteiger charge is -2.17. The molecule has 3 rings (SSSR count). The quantitative estimate of drug-likeness (QED) is 0.151. The number of allylic oxidation sites excluding steroid dienone is 3. The van der Waals surface area contributed by atoms with Crippen LogP contribution in [0.5, 0.6) is 11.5 Å². The number of esters is 2. The first-order chi connectivity index (χ1) is 19.0. The van der Waals surface area contributed by atoms with E-state index in [-0.39, 0.29) is 35.8 Å². The summed E-state index contributed by atoms with van der Waals surface area (Å²) in [4.78, 5) is 37.2. The van der Waals surface area contributed by atoms with Crippen molar-refractivity contribution in [1.29, 1.82) is 0 Å². The number of ether oxygens (including phenoxy) is 2. The number of aliphatic hydroxyl groups excluding tert-OH is 1. The molecule has 1 fully saturated rings. The highest BCUT2D eigenvalue weighted by Crippen LogP contribution is 2.29. The number of hydrogen-bond acceptors (Lipinski definition) is 8. The molecule has 0 saturated heterocycles. The molecule has 5 N–H and O–H groups in total. The Balaban J connectivity index is 0.00000588. The number of ketones is 1. The van der Waals surface area contributed by atoms with Crippen LogP contribution in [0.4, 0.5) is 0 Å². The van der Waals surface area contributed by atoms with Gasteiger partial charge in [-0.15, -0.1) is 12.4 Å². The third kappa shape index (κ3) is 9.42. The lowest BCUT2D eigenvalue weighted by molar-refractivity contribution is -0.137. The number of nitrogens with two attached hydrogens (primary N) is 2. The zero-order valence-electron chi connectivity index (χ0n) is 23.8. The summed E-state index contributed by atoms with van der Waals surface area (Å²) in [5.74, 6) is -0.578. The van der Waals surface area contributed by atoms with Crippen LogP contribution >= 0.6 is 12.4 Å². The second-order valence-corrected chi connectivity index (χ2v) is 10.6. The summed E-state index contributed by atoms with van der Waals surface area (Å²) in [5.41, 5.74) is 14.2. The van der Waals surface area contributed by atoms with E-state index in [2.05, 4.69) is 0 Å². The monoisotopic (exact) mass is 582 g/mol. The molecular weight excluding hydrogens is 544 g/mol. The van der Waals surface area contributed by atoms with E-state index in [9.17, 15) is 19.5 Å². The highest BCUT2D eigenvalue weighted by molar-refractivity contribution is 6.12. The van der Waals surface area contributed by atoms with E-state index >= 15 is 0 Å². The zero-order valence-corrected chi connectivity index (χ0v) is 24.6. The first kappa shape index (κ1) is 33.5. The molecule has 2 atom stereocenters. The van der Waals surface area contributed by atoms with E-state index in [1.54, 1.807) is 60.7 Å². The number of halogens is 1. The second kappa shape index (κ2) is 15.3. The lowest BCUT2D eigenvalue weighted by Crippen LogP contribution is -2.38. The predicted molar refractivity (Wildman–Crippen MR) is 163 cm³/mol. The summed E-state index contributed by atoms with van der Waals surface area (Å²) in [6.45, 7) is 7.39. The largest absolute Gasteiger partial charge is 0.508 e. The summed E-state index contributed by atoms with van der Waals surface area (Å²) in [7, 11) is 0. The molecule has 9 heteroatoms. The molecular formula is C32H39ClN2O6. The molecule has 0 aliphatic heterocycles. The lowest BCUT2D eigenvalue weighted by atomic mass is 9.87. The zero-order chi connectivity index (χ0) is 29.4. The van der Waals surface area contributed by atoms with Crippen molar-refractivity contribution < 1.29 is 29.0 Å². The minimum absolute atomic E-state index is 0. The third-order valence-electron chi connectivity index (χ3n) is 6.70. The standard InChI is InChI=1S/C32H38N2O6.ClH/c1-19(2)28(33)31(37)39-24-13-8-21(9-14-24)12-17-27(35)26-7-5-6-23(30(26)36)18-22-10-15-25(16-11-22)40-32(38)29(34)20(3)4;/h8-20,28-29,35H,5-7,33-34H2,1-4H3;1H/b17-12+,23-18+,27-26-;. The summed E-state index contributed by atoms with van der Waals surface area (Å²) in [5, 5.41) is 10.7. The number of benzene rings is 2. The molecule has 0 amide bonds. The summed E-state index contributed by atoms with van der Waals surface area (Å²) in [6, 6.07) is 12.2. The van der Waals surface area contributed by atoms with Crippen LogP contribution in [0.1, 0.15) is 58.1 Å². The van der Waals surface area contributed by atoms with Crippen LogP contribution in [0.2, 0.25) is 0 Å². The molecule has 2 unspecified atom stereocenters. The van der Waals surface area contributed by atoms with Crippen molar-refractivity contribution in [3.63, 3.8) is 0 Å². The third-order valence-corrected chi connectivity index (χ3v) is 6.70. The Bertz CT molecular complexity index is 1310. The predicted octanol–water partition coefficient (Wildman–Crippen LogP) is 5.55. The second-order valence-electron chi connectivity index (χ2n) is 10.6. The average molecular weight is 583 g/mol. The Labute approximate surface area is 247 Å². The first-order valence-electron chi connectivity index (χ1n) is 13.5. The van der Waals surface area contributed by atoms with Crippen molar-refractivity contribution in [1.82, 2.24) is 0 Å². The topological polar surface area (TPSA) is 142 Å². The molecule has 0 aromatic heterocycles. The van der Waals surface area contributed by atoms with Crippen molar-refractivity contribution in [3.8, 4) is 11.5 Å². The molecule has 0 bridgehead atoms. The molecule has 8 nitrogen and oxygen atoms in total. The molecule has 0 spiro atoms. The Morgan fingerprint density at radius 2 is 1.27 bits per heavy atom. The van der Waals surface area contributed by atoms with Crippen LogP contribution < -0.4 is 20.9 Å². The van der Waals surface area contributed by atoms with Gasteiger partial charge in [0.25, 0.3) is 0 Å². The van der Waals surface area contributed by atoms with Crippen molar-refractivity contribution in [3.05, 3.63) is 82.6 Å². The molecule has 2 aromatic carbocycles. The Kier molecular flexibility index (Phi) is 12.5. The Hall–Kier alpha value is -3.72. The molecule has 1 saturated carbocycles. The van der Waals surface area contributed by atoms with Crippen LogP contribution in [0, 0.1) is 11.8 Å². The number of carbonyl (C=O) groups excluding carboxylic acids is 3. The van der Waals surface area contributed by atoms with E-state index < -0.39 is 24.0 Å². The van der Waals surface area contributed by atoms with Gasteiger partial charge in [0.15, 0.2) is 5.78 Å². The van der Waals surface area contributed by atoms with Crippen LogP contribution in [0.15, 0.2) is 71.5 Å². The Morgan fingerprint density at radius 3 is 1.73 bits per heavy atom. The fraction of sp³-hybridized carbons (Fsp3) is 0.344. The van der Waals surface area contributed by atoms with Gasteiger partial charge in [0.2, 0.25) is 0 Å². The number of aliphatic hydroxyl groups is 1. The van der Waals surface area contributed by atoms with E-state index in [0.717, 1.165) is 17.5 Å². The van der Waals surface area contributed by atoms with Gasteiger partial charge in [0.1, 0.15) is 29.3 Å². The highest BCUT2D eigenvalue weighted by Gasteiger charge is 2.24. The first-order valence-corrected chi connectivity index (χ1v) is 13.5. The maximum absolute atomic E-state index is 13.1. The minimum Gasteiger partial charge on any atom is -0.508 e. The maximum Gasteiger partial charge on any atom is 0.328 e. The minimum atomic E-state index is -0.702. The number of Topliss-reactive ketones (excluding diaryl/α,β-unsaturated/α-hetero) is 1. The van der Waals surface area contributed by atoms with E-state index in [4.69, 9.17) is 20.9 Å². The number of carbonyl (C=O) groups is 3. The fourth-order valence-corrected chi connectivity index (χ4v) is 3.93. The van der Waals surface area contributed by atoms with Crippen molar-refractivity contribution in [2.24, 2.45) is 23.3 Å². The molecule has 0 heterocycles. The van der Waals surface area contributed by atoms with Gasteiger partial charge < -0.3 is 26.0 Å². The van der Waals surface area contributed by atoms with Crippen LogP contribution in [0.25, 0.3) is 12.2 Å². The van der Waals surface area contributed by atoms with Gasteiger partial charge in [0, 0.05) is 11.1 Å². The van der Waals surface area contributed by atoms with Gasteiger partial charge in [0.05, 0.1) is 0 Å². The molecule has 41 heavy (non-hydrogen) atoms. The SMILES string of the molecule is CC(C)C(N)C(=O)Oc1ccc(/C=C/C(O)=C2\CCC/C(=C\c3ccc(OC(=O)C(N)C(C)C)cc3)C2=O)cc1.Cl. The van der Waals surface area contributed by atoms with E-state index in [0.29, 0.717) is 35.5 Å². The molecule has 0 radical (unpaired) electrons. The summed E-state index contributed by atoms with van der Waals surface area (Å²) >= 11 is 0. The van der Waals surface area contributed by atoms with Gasteiger partial charge in [-0.2, -0.15) is 0 Å². The van der Waals surface area contributed by atoms with Gasteiger partial charge in [-0.05, 0) is 78.6 Å². The van der Waals surface area contributed by atoms with Gasteiger partial charge in [-0.1, -0.05) is 58.0 Å². The normalized spacial score (nSPS) is 17.4. The summed E-state index contributed by atoms with van der Waals surface area (Å²) < 4.78 is 10.6. The Morgan fingerprint density at radius 1 is 0.805 bits per heavy atom. The molecule has 1 aliphatic carbocycles. The van der Waals surface area contributed by atoms with Crippen LogP contribution in [-0.4, -0.2) is 34.9 Å². The average Bonchev–Trinajstić information content (AvgIpc) is 2.93. The number of hydrogen-bond donors (Lipinski definition) is 3. The molecule has 220 valence electrons. The van der Waals surface area contributed by atoms with E-state index in [1.807, 2.05) is 27.7 Å². The smallest absolute Gasteiger partial charge is 0.328 e. The van der Waals surface area contributed by atoms with Gasteiger partial charge in [-0.25, -0.2) is 9.59 Å². The molecule has 2 aromatic rings. The highest BCUT2D eigenvalue weighted by atomic mass is 35.5.